The van der Waals surface area contributed by atoms with Crippen LogP contribution in [0.5, 0.6) is 0 Å². The number of ether oxygens (including phenoxy) is 1. The molecule has 4 nitrogen and oxygen atoms in total. The number of hydrogen-bond acceptors (Lipinski definition) is 3. The van der Waals surface area contributed by atoms with Crippen LogP contribution in [0.2, 0.25) is 0 Å². The zero-order valence-electron chi connectivity index (χ0n) is 14.2. The van der Waals surface area contributed by atoms with E-state index in [1.54, 1.807) is 29.2 Å². The molecule has 0 bridgehead atoms. The number of nitrogens with one attached hydrogen (secondary N) is 1. The number of alkyl halides is 3. The SMILES string of the molecule is C[C@H]1CN(C(=O)c2ccccc2Nc2cccc(C(F)(F)F)c2)CCO1. The molecule has 0 aromatic heterocycles. The average Bonchev–Trinajstić information content (AvgIpc) is 2.61. The number of para-hydroxylation sites is 1. The second-order valence-electron chi connectivity index (χ2n) is 6.18. The first kappa shape index (κ1) is 18.3. The molecule has 26 heavy (non-hydrogen) atoms. The summed E-state index contributed by atoms with van der Waals surface area (Å²) in [5.74, 6) is -0.171. The molecule has 1 fully saturated rings. The van der Waals surface area contributed by atoms with Crippen molar-refractivity contribution in [1.29, 1.82) is 0 Å². The van der Waals surface area contributed by atoms with Crippen LogP contribution in [0.15, 0.2) is 48.5 Å². The molecule has 1 aliphatic heterocycles. The number of anilines is 2. The van der Waals surface area contributed by atoms with Gasteiger partial charge in [-0.05, 0) is 37.3 Å². The van der Waals surface area contributed by atoms with E-state index in [1.165, 1.54) is 12.1 Å². The predicted octanol–water partition coefficient (Wildman–Crippen LogP) is 4.31. The number of hydrogen-bond donors (Lipinski definition) is 1. The third-order valence-corrected chi connectivity index (χ3v) is 4.15. The zero-order chi connectivity index (χ0) is 18.7. The third kappa shape index (κ3) is 4.16. The molecule has 1 saturated heterocycles. The van der Waals surface area contributed by atoms with Gasteiger partial charge in [-0.3, -0.25) is 4.79 Å². The Morgan fingerprint density at radius 3 is 2.69 bits per heavy atom. The van der Waals surface area contributed by atoms with E-state index in [9.17, 15) is 18.0 Å². The van der Waals surface area contributed by atoms with Crippen molar-refractivity contribution in [3.8, 4) is 0 Å². The smallest absolute Gasteiger partial charge is 0.375 e. The van der Waals surface area contributed by atoms with Gasteiger partial charge in [0, 0.05) is 18.8 Å². The zero-order valence-corrected chi connectivity index (χ0v) is 14.2. The van der Waals surface area contributed by atoms with Crippen molar-refractivity contribution < 1.29 is 22.7 Å². The fraction of sp³-hybridized carbons (Fsp3) is 0.316. The van der Waals surface area contributed by atoms with Gasteiger partial charge < -0.3 is 15.0 Å². The van der Waals surface area contributed by atoms with Crippen LogP contribution in [0.4, 0.5) is 24.5 Å². The van der Waals surface area contributed by atoms with Gasteiger partial charge in [-0.15, -0.1) is 0 Å². The summed E-state index contributed by atoms with van der Waals surface area (Å²) in [5, 5.41) is 2.94. The minimum atomic E-state index is -4.42. The van der Waals surface area contributed by atoms with E-state index in [2.05, 4.69) is 5.32 Å². The minimum absolute atomic E-state index is 0.0451. The van der Waals surface area contributed by atoms with E-state index in [0.29, 0.717) is 30.9 Å². The lowest BCUT2D eigenvalue weighted by atomic mass is 10.1. The van der Waals surface area contributed by atoms with Crippen LogP contribution in [0, 0.1) is 0 Å². The average molecular weight is 364 g/mol. The van der Waals surface area contributed by atoms with Gasteiger partial charge in [0.15, 0.2) is 0 Å². The number of nitrogens with zero attached hydrogens (tertiary/aromatic N) is 1. The van der Waals surface area contributed by atoms with E-state index in [1.807, 2.05) is 6.92 Å². The molecule has 1 N–H and O–H groups in total. The second kappa shape index (κ2) is 7.37. The highest BCUT2D eigenvalue weighted by Crippen LogP contribution is 2.32. The first-order valence-electron chi connectivity index (χ1n) is 8.29. The van der Waals surface area contributed by atoms with Crippen molar-refractivity contribution in [1.82, 2.24) is 4.90 Å². The van der Waals surface area contributed by atoms with Gasteiger partial charge in [-0.2, -0.15) is 13.2 Å². The van der Waals surface area contributed by atoms with Crippen molar-refractivity contribution in [3.63, 3.8) is 0 Å². The van der Waals surface area contributed by atoms with Crippen molar-refractivity contribution in [2.45, 2.75) is 19.2 Å². The lowest BCUT2D eigenvalue weighted by Gasteiger charge is -2.31. The van der Waals surface area contributed by atoms with Gasteiger partial charge in [0.05, 0.1) is 29.5 Å². The van der Waals surface area contributed by atoms with E-state index in [-0.39, 0.29) is 17.7 Å². The van der Waals surface area contributed by atoms with Gasteiger partial charge in [0.1, 0.15) is 0 Å². The molecule has 3 rings (SSSR count). The molecule has 0 aliphatic carbocycles. The Hall–Kier alpha value is -2.54. The molecular formula is C19H19F3N2O2. The molecular weight excluding hydrogens is 345 g/mol. The summed E-state index contributed by atoms with van der Waals surface area (Å²) >= 11 is 0. The lowest BCUT2D eigenvalue weighted by molar-refractivity contribution is -0.137. The number of carbonyl (C=O) groups excluding carboxylic acids is 1. The van der Waals surface area contributed by atoms with Crippen LogP contribution in [0.3, 0.4) is 0 Å². The van der Waals surface area contributed by atoms with Crippen molar-refractivity contribution in [3.05, 3.63) is 59.7 Å². The topological polar surface area (TPSA) is 41.6 Å². The van der Waals surface area contributed by atoms with Crippen molar-refractivity contribution in [2.24, 2.45) is 0 Å². The van der Waals surface area contributed by atoms with E-state index >= 15 is 0 Å². The molecule has 0 saturated carbocycles. The Morgan fingerprint density at radius 1 is 1.19 bits per heavy atom. The number of benzene rings is 2. The van der Waals surface area contributed by atoms with Crippen LogP contribution < -0.4 is 5.32 Å². The van der Waals surface area contributed by atoms with Crippen LogP contribution in [-0.4, -0.2) is 36.6 Å². The molecule has 0 spiro atoms. The lowest BCUT2D eigenvalue weighted by Crippen LogP contribution is -2.44. The summed E-state index contributed by atoms with van der Waals surface area (Å²) in [5.41, 5.74) is 0.415. The standard InChI is InChI=1S/C19H19F3N2O2/c1-13-12-24(9-10-26-13)18(25)16-7-2-3-8-17(16)23-15-6-4-5-14(11-15)19(20,21)22/h2-8,11,13,23H,9-10,12H2,1H3/t13-/m0/s1. The fourth-order valence-electron chi connectivity index (χ4n) is 2.88. The molecule has 0 unspecified atom stereocenters. The number of morpholine rings is 1. The van der Waals surface area contributed by atoms with E-state index < -0.39 is 11.7 Å². The fourth-order valence-corrected chi connectivity index (χ4v) is 2.88. The minimum Gasteiger partial charge on any atom is -0.375 e. The number of halogens is 3. The van der Waals surface area contributed by atoms with E-state index in [0.717, 1.165) is 12.1 Å². The molecule has 1 atom stereocenters. The van der Waals surface area contributed by atoms with Gasteiger partial charge >= 0.3 is 6.18 Å². The number of carbonyl (C=O) groups is 1. The molecule has 1 aliphatic rings. The summed E-state index contributed by atoms with van der Waals surface area (Å²) in [6, 6.07) is 11.7. The maximum atomic E-state index is 12.9. The predicted molar refractivity (Wildman–Crippen MR) is 92.5 cm³/mol. The molecule has 2 aromatic carbocycles. The van der Waals surface area contributed by atoms with Gasteiger partial charge in [-0.25, -0.2) is 0 Å². The maximum Gasteiger partial charge on any atom is 0.416 e. The summed E-state index contributed by atoms with van der Waals surface area (Å²) in [7, 11) is 0. The van der Waals surface area contributed by atoms with Gasteiger partial charge in [-0.1, -0.05) is 18.2 Å². The van der Waals surface area contributed by atoms with Gasteiger partial charge in [0.2, 0.25) is 0 Å². The maximum absolute atomic E-state index is 12.9. The summed E-state index contributed by atoms with van der Waals surface area (Å²) in [4.78, 5) is 14.5. The van der Waals surface area contributed by atoms with Crippen LogP contribution in [0.25, 0.3) is 0 Å². The van der Waals surface area contributed by atoms with E-state index in [4.69, 9.17) is 4.74 Å². The van der Waals surface area contributed by atoms with Crippen LogP contribution in [-0.2, 0) is 10.9 Å². The van der Waals surface area contributed by atoms with Crippen molar-refractivity contribution in [2.75, 3.05) is 25.0 Å². The first-order chi connectivity index (χ1) is 12.3. The highest BCUT2D eigenvalue weighted by atomic mass is 19.4. The largest absolute Gasteiger partial charge is 0.416 e. The Kier molecular flexibility index (Phi) is 5.18. The van der Waals surface area contributed by atoms with Crippen LogP contribution >= 0.6 is 0 Å². The second-order valence-corrected chi connectivity index (χ2v) is 6.18. The molecule has 1 heterocycles. The molecule has 1 amide bonds. The summed E-state index contributed by atoms with van der Waals surface area (Å²) in [6.07, 6.45) is -4.46. The summed E-state index contributed by atoms with van der Waals surface area (Å²) in [6.45, 7) is 3.33. The summed E-state index contributed by atoms with van der Waals surface area (Å²) < 4.78 is 44.1. The van der Waals surface area contributed by atoms with Crippen LogP contribution in [0.1, 0.15) is 22.8 Å². The molecule has 138 valence electrons. The highest BCUT2D eigenvalue weighted by Gasteiger charge is 2.30. The van der Waals surface area contributed by atoms with Gasteiger partial charge in [0.25, 0.3) is 5.91 Å². The molecule has 7 heteroatoms. The Balaban J connectivity index is 1.85. The Bertz CT molecular complexity index is 792. The monoisotopic (exact) mass is 364 g/mol. The number of amides is 1. The quantitative estimate of drug-likeness (QED) is 0.882. The Labute approximate surface area is 149 Å². The Morgan fingerprint density at radius 2 is 1.96 bits per heavy atom. The normalized spacial score (nSPS) is 17.8. The molecule has 2 aromatic rings. The first-order valence-corrected chi connectivity index (χ1v) is 8.29. The number of rotatable bonds is 3. The third-order valence-electron chi connectivity index (χ3n) is 4.15. The molecule has 0 radical (unpaired) electrons. The highest BCUT2D eigenvalue weighted by molar-refractivity contribution is 6.00. The van der Waals surface area contributed by atoms with Crippen molar-refractivity contribution >= 4 is 17.3 Å².